The lowest BCUT2D eigenvalue weighted by Crippen LogP contribution is -2.54. The topological polar surface area (TPSA) is 80.5 Å². The van der Waals surface area contributed by atoms with Crippen LogP contribution in [0.5, 0.6) is 0 Å². The number of nitrogens with two attached hydrogens (primary N) is 1. The van der Waals surface area contributed by atoms with Crippen LogP contribution in [-0.4, -0.2) is 42.7 Å². The molecule has 22 heavy (non-hydrogen) atoms. The van der Waals surface area contributed by atoms with Crippen LogP contribution in [0.3, 0.4) is 0 Å². The molecule has 6 nitrogen and oxygen atoms in total. The van der Waals surface area contributed by atoms with Gasteiger partial charge < -0.3 is 20.7 Å². The van der Waals surface area contributed by atoms with Gasteiger partial charge in [0.15, 0.2) is 0 Å². The zero-order chi connectivity index (χ0) is 16.1. The zero-order valence-electron chi connectivity index (χ0n) is 13.6. The van der Waals surface area contributed by atoms with Crippen LogP contribution in [0.4, 0.5) is 5.82 Å². The van der Waals surface area contributed by atoms with Crippen molar-refractivity contribution >= 4 is 11.8 Å². The normalized spacial score (nSPS) is 23.2. The molecule has 3 atom stereocenters. The molecule has 2 heterocycles. The summed E-state index contributed by atoms with van der Waals surface area (Å²) < 4.78 is 4.94. The van der Waals surface area contributed by atoms with Gasteiger partial charge in [-0.25, -0.2) is 4.98 Å². The lowest BCUT2D eigenvalue weighted by Gasteiger charge is -2.37. The molecule has 3 N–H and O–H groups in total. The number of nitrogens with one attached hydrogen (secondary N) is 1. The first-order valence-corrected chi connectivity index (χ1v) is 7.88. The molecule has 1 fully saturated rings. The second-order valence-corrected chi connectivity index (χ2v) is 5.91. The van der Waals surface area contributed by atoms with Crippen molar-refractivity contribution in [2.24, 2.45) is 5.73 Å². The molecule has 0 aliphatic carbocycles. The molecule has 1 aromatic heterocycles. The molecule has 0 saturated carbocycles. The molecule has 2 rings (SSSR count). The van der Waals surface area contributed by atoms with E-state index in [2.05, 4.69) is 29.0 Å². The van der Waals surface area contributed by atoms with Gasteiger partial charge in [0.05, 0.1) is 24.8 Å². The third kappa shape index (κ3) is 4.42. The van der Waals surface area contributed by atoms with Gasteiger partial charge >= 0.3 is 5.97 Å². The van der Waals surface area contributed by atoms with Crippen LogP contribution in [0.2, 0.25) is 0 Å². The van der Waals surface area contributed by atoms with Gasteiger partial charge in [-0.3, -0.25) is 4.79 Å². The summed E-state index contributed by atoms with van der Waals surface area (Å²) in [7, 11) is 0. The smallest absolute Gasteiger partial charge is 0.307 e. The Labute approximate surface area is 132 Å². The van der Waals surface area contributed by atoms with Crippen molar-refractivity contribution in [1.82, 2.24) is 10.3 Å². The van der Waals surface area contributed by atoms with Gasteiger partial charge in [-0.05, 0) is 32.9 Å². The van der Waals surface area contributed by atoms with Gasteiger partial charge in [-0.2, -0.15) is 0 Å². The van der Waals surface area contributed by atoms with Crippen LogP contribution < -0.4 is 16.0 Å². The molecule has 6 heteroatoms. The first kappa shape index (κ1) is 16.7. The monoisotopic (exact) mass is 306 g/mol. The number of anilines is 1. The fourth-order valence-corrected chi connectivity index (χ4v) is 2.84. The fraction of sp³-hybridized carbons (Fsp3) is 0.625. The van der Waals surface area contributed by atoms with Gasteiger partial charge in [-0.15, -0.1) is 0 Å². The molecule has 1 unspecified atom stereocenters. The second kappa shape index (κ2) is 7.56. The van der Waals surface area contributed by atoms with Gasteiger partial charge in [-0.1, -0.05) is 6.07 Å². The van der Waals surface area contributed by atoms with Crippen molar-refractivity contribution in [3.8, 4) is 0 Å². The van der Waals surface area contributed by atoms with Crippen molar-refractivity contribution in [2.45, 2.75) is 45.3 Å². The van der Waals surface area contributed by atoms with E-state index in [-0.39, 0.29) is 12.4 Å². The molecule has 0 bridgehead atoms. The van der Waals surface area contributed by atoms with E-state index in [1.165, 1.54) is 0 Å². The maximum Gasteiger partial charge on any atom is 0.307 e. The summed E-state index contributed by atoms with van der Waals surface area (Å²) in [5.74, 6) is 0.628. The zero-order valence-corrected chi connectivity index (χ0v) is 13.6. The number of pyridine rings is 1. The maximum atomic E-state index is 11.6. The molecule has 0 radical (unpaired) electrons. The fourth-order valence-electron chi connectivity index (χ4n) is 2.84. The summed E-state index contributed by atoms with van der Waals surface area (Å²) in [6.45, 7) is 8.31. The summed E-state index contributed by atoms with van der Waals surface area (Å²) in [6, 6.07) is 6.20. The number of nitrogens with zero attached hydrogens (tertiary/aromatic N) is 2. The highest BCUT2D eigenvalue weighted by atomic mass is 16.5. The average Bonchev–Trinajstić information content (AvgIpc) is 2.46. The Morgan fingerprint density at radius 3 is 2.77 bits per heavy atom. The van der Waals surface area contributed by atoms with Crippen LogP contribution in [-0.2, 0) is 9.53 Å². The van der Waals surface area contributed by atoms with E-state index in [0.29, 0.717) is 18.7 Å². The Morgan fingerprint density at radius 2 is 2.14 bits per heavy atom. The molecular formula is C16H26N4O2. The van der Waals surface area contributed by atoms with Gasteiger partial charge in [0.2, 0.25) is 0 Å². The van der Waals surface area contributed by atoms with Crippen molar-refractivity contribution in [3.63, 3.8) is 0 Å². The van der Waals surface area contributed by atoms with Gasteiger partial charge in [0.1, 0.15) is 5.82 Å². The van der Waals surface area contributed by atoms with E-state index in [0.717, 1.165) is 24.6 Å². The summed E-state index contributed by atoms with van der Waals surface area (Å²) in [6.07, 6.45) is 0.151. The highest BCUT2D eigenvalue weighted by Gasteiger charge is 2.22. The van der Waals surface area contributed by atoms with E-state index >= 15 is 0 Å². The van der Waals surface area contributed by atoms with Gasteiger partial charge in [0, 0.05) is 25.2 Å². The number of carbonyl (C=O) groups is 1. The number of hydrogen-bond donors (Lipinski definition) is 2. The summed E-state index contributed by atoms with van der Waals surface area (Å²) >= 11 is 0. The van der Waals surface area contributed by atoms with Crippen molar-refractivity contribution in [3.05, 3.63) is 23.9 Å². The van der Waals surface area contributed by atoms with Crippen LogP contribution in [0.25, 0.3) is 0 Å². The number of hydrogen-bond acceptors (Lipinski definition) is 6. The summed E-state index contributed by atoms with van der Waals surface area (Å²) in [5, 5.41) is 3.50. The number of rotatable bonds is 5. The Balaban J connectivity index is 2.07. The molecule has 1 aromatic rings. The minimum Gasteiger partial charge on any atom is -0.466 e. The molecule has 1 aliphatic heterocycles. The third-order valence-electron chi connectivity index (χ3n) is 3.71. The predicted octanol–water partition coefficient (Wildman–Crippen LogP) is 1.22. The lowest BCUT2D eigenvalue weighted by molar-refractivity contribution is -0.143. The highest BCUT2D eigenvalue weighted by Crippen LogP contribution is 2.19. The largest absolute Gasteiger partial charge is 0.466 e. The Bertz CT molecular complexity index is 499. The van der Waals surface area contributed by atoms with Crippen LogP contribution in [0.1, 0.15) is 38.9 Å². The second-order valence-electron chi connectivity index (χ2n) is 5.91. The predicted molar refractivity (Wildman–Crippen MR) is 86.7 cm³/mol. The number of esters is 1. The first-order valence-electron chi connectivity index (χ1n) is 7.88. The third-order valence-corrected chi connectivity index (χ3v) is 3.71. The minimum atomic E-state index is -0.434. The SMILES string of the molecule is CCOC(=O)CC(N)c1cccc(N2C[C@@H](C)N[C@@H](C)C2)n1. The molecule has 122 valence electrons. The highest BCUT2D eigenvalue weighted by molar-refractivity contribution is 5.70. The van der Waals surface area contributed by atoms with Crippen LogP contribution >= 0.6 is 0 Å². The Hall–Kier alpha value is -1.66. The maximum absolute atomic E-state index is 11.6. The molecule has 0 amide bonds. The Morgan fingerprint density at radius 1 is 1.45 bits per heavy atom. The minimum absolute atomic E-state index is 0.151. The molecular weight excluding hydrogens is 280 g/mol. The Kier molecular flexibility index (Phi) is 5.74. The van der Waals surface area contributed by atoms with Gasteiger partial charge in [0.25, 0.3) is 0 Å². The van der Waals surface area contributed by atoms with E-state index in [1.807, 2.05) is 18.2 Å². The van der Waals surface area contributed by atoms with Crippen LogP contribution in [0, 0.1) is 0 Å². The molecule has 1 aliphatic rings. The lowest BCUT2D eigenvalue weighted by atomic mass is 10.1. The summed E-state index contributed by atoms with van der Waals surface area (Å²) in [5.41, 5.74) is 6.81. The van der Waals surface area contributed by atoms with Crippen LogP contribution in [0.15, 0.2) is 18.2 Å². The molecule has 0 aromatic carbocycles. The van der Waals surface area contributed by atoms with Crippen molar-refractivity contribution in [1.29, 1.82) is 0 Å². The standard InChI is InChI=1S/C16H26N4O2/c1-4-22-16(21)8-13(17)14-6-5-7-15(19-14)20-9-11(2)18-12(3)10-20/h5-7,11-13,18H,4,8-10,17H2,1-3H3/t11-,12+,13?. The molecule has 1 saturated heterocycles. The number of ether oxygens (including phenoxy) is 1. The van der Waals surface area contributed by atoms with E-state index in [4.69, 9.17) is 10.5 Å². The quantitative estimate of drug-likeness (QED) is 0.796. The average molecular weight is 306 g/mol. The van der Waals surface area contributed by atoms with Crippen molar-refractivity contribution < 1.29 is 9.53 Å². The van der Waals surface area contributed by atoms with E-state index < -0.39 is 6.04 Å². The van der Waals surface area contributed by atoms with Crippen molar-refractivity contribution in [2.75, 3.05) is 24.6 Å². The van der Waals surface area contributed by atoms with E-state index in [1.54, 1.807) is 6.92 Å². The first-order chi connectivity index (χ1) is 10.5. The number of aromatic nitrogens is 1. The number of piperazine rings is 1. The number of carbonyl (C=O) groups excluding carboxylic acids is 1. The molecule has 0 spiro atoms. The summed E-state index contributed by atoms with van der Waals surface area (Å²) in [4.78, 5) is 18.5. The van der Waals surface area contributed by atoms with E-state index in [9.17, 15) is 4.79 Å².